The predicted molar refractivity (Wildman–Crippen MR) is 86.1 cm³/mol. The van der Waals surface area contributed by atoms with Crippen LogP contribution in [0.25, 0.3) is 27.2 Å². The molecule has 0 saturated heterocycles. The monoisotopic (exact) mass is 289 g/mol. The fourth-order valence-corrected chi connectivity index (χ4v) is 3.19. The number of aromatic nitrogens is 2. The summed E-state index contributed by atoms with van der Waals surface area (Å²) in [5.74, 6) is 0. The maximum absolute atomic E-state index is 4.47. The van der Waals surface area contributed by atoms with Gasteiger partial charge in [-0.3, -0.25) is 0 Å². The van der Waals surface area contributed by atoms with Gasteiger partial charge >= 0.3 is 0 Å². The summed E-state index contributed by atoms with van der Waals surface area (Å²) in [5.41, 5.74) is 6.63. The highest BCUT2D eigenvalue weighted by Crippen LogP contribution is 2.26. The third kappa shape index (κ3) is 2.22. The van der Waals surface area contributed by atoms with Crippen molar-refractivity contribution in [1.29, 1.82) is 0 Å². The first-order valence-electron chi connectivity index (χ1n) is 6.82. The van der Waals surface area contributed by atoms with Crippen molar-refractivity contribution in [3.05, 3.63) is 78.3 Å². The van der Waals surface area contributed by atoms with E-state index in [1.165, 1.54) is 16.7 Å². The lowest BCUT2D eigenvalue weighted by atomic mass is 10.0. The highest BCUT2D eigenvalue weighted by atomic mass is 32.1. The lowest BCUT2D eigenvalue weighted by molar-refractivity contribution is -0.564. The molecule has 0 bridgehead atoms. The Bertz CT molecular complexity index is 883. The normalized spacial score (nSPS) is 10.9. The van der Waals surface area contributed by atoms with Crippen LogP contribution in [0.5, 0.6) is 0 Å². The van der Waals surface area contributed by atoms with Gasteiger partial charge in [-0.2, -0.15) is 0 Å². The summed E-state index contributed by atoms with van der Waals surface area (Å²) in [4.78, 5) is 1.15. The van der Waals surface area contributed by atoms with Crippen LogP contribution in [0.2, 0.25) is 0 Å². The molecule has 0 unspecified atom stereocenters. The van der Waals surface area contributed by atoms with Crippen molar-refractivity contribution in [2.45, 2.75) is 0 Å². The highest BCUT2D eigenvalue weighted by molar-refractivity contribution is 7.14. The lowest BCUT2D eigenvalue weighted by Gasteiger charge is -2.02. The minimum atomic E-state index is 1.12. The number of nitrogens with zero attached hydrogens (tertiary/aromatic N) is 2. The van der Waals surface area contributed by atoms with Gasteiger partial charge < -0.3 is 0 Å². The Balaban J connectivity index is 2.00. The highest BCUT2D eigenvalue weighted by Gasteiger charge is 2.18. The van der Waals surface area contributed by atoms with E-state index in [1.807, 2.05) is 22.2 Å². The molecule has 0 N–H and O–H groups in total. The van der Waals surface area contributed by atoms with E-state index in [0.717, 1.165) is 10.5 Å². The van der Waals surface area contributed by atoms with Crippen LogP contribution in [0.3, 0.4) is 0 Å². The summed E-state index contributed by atoms with van der Waals surface area (Å²) >= 11 is 1.66. The Kier molecular flexibility index (Phi) is 2.98. The van der Waals surface area contributed by atoms with Crippen LogP contribution in [0.4, 0.5) is 0 Å². The smallest absolute Gasteiger partial charge is 0.0622 e. The molecule has 2 heterocycles. The van der Waals surface area contributed by atoms with E-state index in [2.05, 4.69) is 65.8 Å². The zero-order valence-corrected chi connectivity index (χ0v) is 12.1. The Morgan fingerprint density at radius 2 is 1.38 bits per heavy atom. The summed E-state index contributed by atoms with van der Waals surface area (Å²) < 4.78 is 2.01. The molecule has 2 aromatic heterocycles. The molecule has 3 heteroatoms. The minimum Gasteiger partial charge on any atom is -0.0622 e. The molecule has 0 amide bonds. The molecule has 0 spiro atoms. The van der Waals surface area contributed by atoms with Gasteiger partial charge in [0.2, 0.25) is 5.69 Å². The summed E-state index contributed by atoms with van der Waals surface area (Å²) in [6.07, 6.45) is 0. The Morgan fingerprint density at radius 3 is 2.10 bits per heavy atom. The van der Waals surface area contributed by atoms with Crippen molar-refractivity contribution in [3.8, 4) is 22.4 Å². The molecule has 2 nitrogen and oxygen atoms in total. The number of hydrogen-bond acceptors (Lipinski definition) is 2. The predicted octanol–water partition coefficient (Wildman–Crippen LogP) is 4.22. The number of hydrogen-bond donors (Lipinski definition) is 0. The van der Waals surface area contributed by atoms with Crippen LogP contribution in [-0.4, -0.2) is 5.10 Å². The molecular weight excluding hydrogens is 276 g/mol. The quantitative estimate of drug-likeness (QED) is 0.505. The van der Waals surface area contributed by atoms with Crippen molar-refractivity contribution < 1.29 is 4.52 Å². The maximum Gasteiger partial charge on any atom is 0.296 e. The maximum atomic E-state index is 4.47. The number of benzene rings is 2. The average Bonchev–Trinajstić information content (AvgIpc) is 3.04. The van der Waals surface area contributed by atoms with Gasteiger partial charge in [-0.1, -0.05) is 48.5 Å². The lowest BCUT2D eigenvalue weighted by Crippen LogP contribution is -2.25. The van der Waals surface area contributed by atoms with Gasteiger partial charge in [0.25, 0.3) is 4.83 Å². The molecule has 0 atom stereocenters. The molecular formula is C18H13N2S+. The van der Waals surface area contributed by atoms with Crippen molar-refractivity contribution >= 4 is 16.2 Å². The van der Waals surface area contributed by atoms with E-state index in [-0.39, 0.29) is 0 Å². The molecule has 21 heavy (non-hydrogen) atoms. The van der Waals surface area contributed by atoms with Crippen LogP contribution >= 0.6 is 11.3 Å². The zero-order chi connectivity index (χ0) is 14.1. The van der Waals surface area contributed by atoms with Crippen molar-refractivity contribution in [3.63, 3.8) is 0 Å². The van der Waals surface area contributed by atoms with Gasteiger partial charge in [0.15, 0.2) is 5.51 Å². The van der Waals surface area contributed by atoms with E-state index in [1.54, 1.807) is 11.3 Å². The first-order valence-corrected chi connectivity index (χ1v) is 7.70. The molecule has 0 aliphatic carbocycles. The molecule has 0 aliphatic heterocycles. The third-order valence-electron chi connectivity index (χ3n) is 3.52. The number of fused-ring (bicyclic) bond motifs is 1. The SMILES string of the molecule is c1ccc(-c2cc(-c3ccccc3)[n+]3ncsc3c2)cc1. The van der Waals surface area contributed by atoms with E-state index >= 15 is 0 Å². The first-order chi connectivity index (χ1) is 10.4. The van der Waals surface area contributed by atoms with Gasteiger partial charge in [0.05, 0.1) is 0 Å². The fraction of sp³-hybridized carbons (Fsp3) is 0. The van der Waals surface area contributed by atoms with Gasteiger partial charge in [0.1, 0.15) is 0 Å². The van der Waals surface area contributed by atoms with E-state index in [4.69, 9.17) is 0 Å². The van der Waals surface area contributed by atoms with Crippen molar-refractivity contribution in [1.82, 2.24) is 5.10 Å². The zero-order valence-electron chi connectivity index (χ0n) is 11.3. The Morgan fingerprint density at radius 1 is 0.714 bits per heavy atom. The van der Waals surface area contributed by atoms with E-state index in [0.29, 0.717) is 0 Å². The topological polar surface area (TPSA) is 17.0 Å². The summed E-state index contributed by atoms with van der Waals surface area (Å²) in [5, 5.41) is 4.47. The summed E-state index contributed by atoms with van der Waals surface area (Å²) in [7, 11) is 0. The molecule has 4 aromatic rings. The van der Waals surface area contributed by atoms with Gasteiger partial charge in [-0.25, -0.2) is 0 Å². The molecule has 4 rings (SSSR count). The largest absolute Gasteiger partial charge is 0.296 e. The molecule has 2 aromatic carbocycles. The van der Waals surface area contributed by atoms with Crippen LogP contribution in [0, 0.1) is 0 Å². The van der Waals surface area contributed by atoms with Gasteiger partial charge in [0, 0.05) is 22.8 Å². The van der Waals surface area contributed by atoms with Crippen molar-refractivity contribution in [2.24, 2.45) is 0 Å². The van der Waals surface area contributed by atoms with Gasteiger partial charge in [-0.05, 0) is 39.1 Å². The number of pyridine rings is 1. The van der Waals surface area contributed by atoms with Gasteiger partial charge in [-0.15, -0.1) is 0 Å². The first kappa shape index (κ1) is 12.2. The average molecular weight is 289 g/mol. The minimum absolute atomic E-state index is 1.12. The van der Waals surface area contributed by atoms with E-state index in [9.17, 15) is 0 Å². The standard InChI is InChI=1S/C18H13N2S/c1-3-7-14(8-4-1)16-11-17(15-9-5-2-6-10-15)20-18(12-16)21-13-19-20/h1-13H/q+1. The fourth-order valence-electron chi connectivity index (χ4n) is 2.50. The molecule has 0 fully saturated rings. The molecule has 0 aliphatic rings. The summed E-state index contributed by atoms with van der Waals surface area (Å²) in [6.45, 7) is 0. The van der Waals surface area contributed by atoms with Crippen LogP contribution < -0.4 is 4.52 Å². The van der Waals surface area contributed by atoms with Crippen LogP contribution in [0.15, 0.2) is 78.3 Å². The molecule has 0 radical (unpaired) electrons. The Labute approximate surface area is 127 Å². The molecule has 100 valence electrons. The second kappa shape index (κ2) is 5.11. The van der Waals surface area contributed by atoms with E-state index < -0.39 is 0 Å². The number of rotatable bonds is 2. The van der Waals surface area contributed by atoms with Crippen LogP contribution in [-0.2, 0) is 0 Å². The van der Waals surface area contributed by atoms with Crippen molar-refractivity contribution in [2.75, 3.05) is 0 Å². The third-order valence-corrected chi connectivity index (χ3v) is 4.25. The second-order valence-corrected chi connectivity index (χ2v) is 5.71. The second-order valence-electron chi connectivity index (χ2n) is 4.85. The Hall–Kier alpha value is -2.52. The van der Waals surface area contributed by atoms with Crippen LogP contribution in [0.1, 0.15) is 0 Å². The molecule has 0 saturated carbocycles. The summed E-state index contributed by atoms with van der Waals surface area (Å²) in [6, 6.07) is 25.3.